The molecule has 1 aromatic rings. The SMILES string of the molecule is O=C(NC(=O)c1ccc(Cl)cc1Cl)OC[C@@H]1CCCN2CCCC[C@@H]12. The number of nitrogens with zero attached hydrogens (tertiary/aromatic N) is 1. The van der Waals surface area contributed by atoms with Crippen LogP contribution in [-0.4, -0.2) is 42.6 Å². The van der Waals surface area contributed by atoms with Gasteiger partial charge in [0.05, 0.1) is 17.2 Å². The minimum Gasteiger partial charge on any atom is -0.449 e. The van der Waals surface area contributed by atoms with Crippen LogP contribution in [0.5, 0.6) is 0 Å². The fraction of sp³-hybridized carbons (Fsp3) is 0.556. The predicted octanol–water partition coefficient (Wildman–Crippen LogP) is 4.12. The van der Waals surface area contributed by atoms with Gasteiger partial charge in [-0.1, -0.05) is 29.6 Å². The van der Waals surface area contributed by atoms with E-state index < -0.39 is 12.0 Å². The fourth-order valence-electron chi connectivity index (χ4n) is 3.82. The Hall–Kier alpha value is -1.30. The summed E-state index contributed by atoms with van der Waals surface area (Å²) in [4.78, 5) is 26.6. The van der Waals surface area contributed by atoms with Crippen molar-refractivity contribution in [3.63, 3.8) is 0 Å². The van der Waals surface area contributed by atoms with E-state index in [-0.39, 0.29) is 10.6 Å². The molecule has 2 aliphatic rings. The van der Waals surface area contributed by atoms with Crippen molar-refractivity contribution in [3.8, 4) is 0 Å². The van der Waals surface area contributed by atoms with Crippen molar-refractivity contribution in [3.05, 3.63) is 33.8 Å². The molecule has 2 heterocycles. The van der Waals surface area contributed by atoms with E-state index in [2.05, 4.69) is 10.2 Å². The molecule has 0 saturated carbocycles. The van der Waals surface area contributed by atoms with Crippen LogP contribution in [0.25, 0.3) is 0 Å². The van der Waals surface area contributed by atoms with Gasteiger partial charge in [-0.15, -0.1) is 0 Å². The lowest BCUT2D eigenvalue weighted by molar-refractivity contribution is 0.0235. The molecule has 5 nitrogen and oxygen atoms in total. The molecule has 2 atom stereocenters. The monoisotopic (exact) mass is 384 g/mol. The highest BCUT2D eigenvalue weighted by atomic mass is 35.5. The number of hydrogen-bond donors (Lipinski definition) is 1. The van der Waals surface area contributed by atoms with Gasteiger partial charge in [0.2, 0.25) is 0 Å². The van der Waals surface area contributed by atoms with Crippen molar-refractivity contribution in [1.82, 2.24) is 10.2 Å². The number of rotatable bonds is 3. The van der Waals surface area contributed by atoms with Gasteiger partial charge in [0.15, 0.2) is 0 Å². The van der Waals surface area contributed by atoms with Crippen LogP contribution in [0, 0.1) is 5.92 Å². The minimum absolute atomic E-state index is 0.194. The summed E-state index contributed by atoms with van der Waals surface area (Å²) in [5.41, 5.74) is 0.194. The van der Waals surface area contributed by atoms with Crippen LogP contribution < -0.4 is 5.32 Å². The number of alkyl carbamates (subject to hydrolysis) is 1. The second kappa shape index (κ2) is 8.39. The van der Waals surface area contributed by atoms with Crippen molar-refractivity contribution in [1.29, 1.82) is 0 Å². The number of imide groups is 1. The lowest BCUT2D eigenvalue weighted by atomic mass is 9.84. The molecule has 0 radical (unpaired) electrons. The zero-order valence-electron chi connectivity index (χ0n) is 14.0. The van der Waals surface area contributed by atoms with Crippen LogP contribution in [-0.2, 0) is 4.74 Å². The van der Waals surface area contributed by atoms with Gasteiger partial charge in [-0.25, -0.2) is 4.79 Å². The molecular weight excluding hydrogens is 363 g/mol. The van der Waals surface area contributed by atoms with Crippen molar-refractivity contribution in [2.24, 2.45) is 5.92 Å². The minimum atomic E-state index is -0.732. The zero-order chi connectivity index (χ0) is 17.8. The Morgan fingerprint density at radius 2 is 1.96 bits per heavy atom. The number of halogens is 2. The second-order valence-corrected chi connectivity index (χ2v) is 7.52. The smallest absolute Gasteiger partial charge is 0.414 e. The van der Waals surface area contributed by atoms with Gasteiger partial charge in [-0.2, -0.15) is 0 Å². The largest absolute Gasteiger partial charge is 0.449 e. The Morgan fingerprint density at radius 3 is 2.76 bits per heavy atom. The van der Waals surface area contributed by atoms with Crippen molar-refractivity contribution < 1.29 is 14.3 Å². The van der Waals surface area contributed by atoms with Gasteiger partial charge in [0.1, 0.15) is 0 Å². The van der Waals surface area contributed by atoms with Gasteiger partial charge in [-0.05, 0) is 57.0 Å². The Labute approximate surface area is 157 Å². The molecular formula is C18H22Cl2N2O3. The molecule has 1 aromatic carbocycles. The molecule has 2 aliphatic heterocycles. The summed E-state index contributed by atoms with van der Waals surface area (Å²) in [5.74, 6) is -0.247. The van der Waals surface area contributed by atoms with Gasteiger partial charge in [0, 0.05) is 17.0 Å². The molecule has 2 amide bonds. The summed E-state index contributed by atoms with van der Waals surface area (Å²) in [6.07, 6.45) is 5.11. The molecule has 25 heavy (non-hydrogen) atoms. The van der Waals surface area contributed by atoms with Crippen LogP contribution >= 0.6 is 23.2 Å². The molecule has 136 valence electrons. The lowest BCUT2D eigenvalue weighted by Crippen LogP contribution is -2.49. The summed E-state index contributed by atoms with van der Waals surface area (Å²) >= 11 is 11.8. The Kier molecular flexibility index (Phi) is 6.20. The molecule has 3 rings (SSSR count). The van der Waals surface area contributed by atoms with E-state index in [0.717, 1.165) is 32.4 Å². The maximum atomic E-state index is 12.1. The number of hydrogen-bond acceptors (Lipinski definition) is 4. The van der Waals surface area contributed by atoms with Crippen molar-refractivity contribution in [2.75, 3.05) is 19.7 Å². The first-order valence-electron chi connectivity index (χ1n) is 8.72. The maximum Gasteiger partial charge on any atom is 0.414 e. The number of carbonyl (C=O) groups is 2. The third-order valence-electron chi connectivity index (χ3n) is 5.05. The summed E-state index contributed by atoms with van der Waals surface area (Å²) < 4.78 is 5.32. The topological polar surface area (TPSA) is 58.6 Å². The molecule has 0 aromatic heterocycles. The molecule has 2 fully saturated rings. The molecule has 7 heteroatoms. The number of ether oxygens (including phenoxy) is 1. The van der Waals surface area contributed by atoms with Crippen LogP contribution in [0.4, 0.5) is 4.79 Å². The van der Waals surface area contributed by atoms with E-state index in [1.54, 1.807) is 6.07 Å². The summed E-state index contributed by atoms with van der Waals surface area (Å²) in [7, 11) is 0. The summed E-state index contributed by atoms with van der Waals surface area (Å²) in [5, 5.41) is 2.85. The number of benzene rings is 1. The third kappa shape index (κ3) is 4.66. The number of carbonyl (C=O) groups excluding carboxylic acids is 2. The number of amides is 2. The maximum absolute atomic E-state index is 12.1. The highest BCUT2D eigenvalue weighted by Gasteiger charge is 2.33. The average Bonchev–Trinajstić information content (AvgIpc) is 2.59. The second-order valence-electron chi connectivity index (χ2n) is 6.68. The van der Waals surface area contributed by atoms with Crippen molar-refractivity contribution in [2.45, 2.75) is 38.1 Å². The van der Waals surface area contributed by atoms with Gasteiger partial charge >= 0.3 is 6.09 Å². The van der Waals surface area contributed by atoms with Crippen molar-refractivity contribution >= 4 is 35.2 Å². The lowest BCUT2D eigenvalue weighted by Gasteiger charge is -2.44. The van der Waals surface area contributed by atoms with E-state index in [0.29, 0.717) is 23.6 Å². The predicted molar refractivity (Wildman–Crippen MR) is 97.2 cm³/mol. The Morgan fingerprint density at radius 1 is 1.16 bits per heavy atom. The van der Waals surface area contributed by atoms with Crippen LogP contribution in [0.1, 0.15) is 42.5 Å². The van der Waals surface area contributed by atoms with Gasteiger partial charge < -0.3 is 4.74 Å². The molecule has 0 aliphatic carbocycles. The first-order valence-corrected chi connectivity index (χ1v) is 9.47. The normalized spacial score (nSPS) is 23.6. The molecule has 1 N–H and O–H groups in total. The molecule has 2 saturated heterocycles. The zero-order valence-corrected chi connectivity index (χ0v) is 15.5. The Bertz CT molecular complexity index is 651. The number of nitrogens with one attached hydrogen (secondary N) is 1. The fourth-order valence-corrected chi connectivity index (χ4v) is 4.32. The van der Waals surface area contributed by atoms with Crippen LogP contribution in [0.15, 0.2) is 18.2 Å². The van der Waals surface area contributed by atoms with Gasteiger partial charge in [0.25, 0.3) is 5.91 Å². The van der Waals surface area contributed by atoms with E-state index in [1.807, 2.05) is 0 Å². The molecule has 0 unspecified atom stereocenters. The van der Waals surface area contributed by atoms with E-state index in [1.165, 1.54) is 25.0 Å². The van der Waals surface area contributed by atoms with Crippen LogP contribution in [0.2, 0.25) is 10.0 Å². The van der Waals surface area contributed by atoms with Crippen LogP contribution in [0.3, 0.4) is 0 Å². The van der Waals surface area contributed by atoms with E-state index in [9.17, 15) is 9.59 Å². The molecule has 0 spiro atoms. The number of fused-ring (bicyclic) bond motifs is 1. The summed E-state index contributed by atoms with van der Waals surface area (Å²) in [6.45, 7) is 2.62. The van der Waals surface area contributed by atoms with E-state index in [4.69, 9.17) is 27.9 Å². The quantitative estimate of drug-likeness (QED) is 0.850. The molecule has 0 bridgehead atoms. The van der Waals surface area contributed by atoms with E-state index >= 15 is 0 Å². The Balaban J connectivity index is 1.51. The first kappa shape index (κ1) is 18.5. The highest BCUT2D eigenvalue weighted by Crippen LogP contribution is 2.31. The third-order valence-corrected chi connectivity index (χ3v) is 5.60. The highest BCUT2D eigenvalue weighted by molar-refractivity contribution is 6.37. The average molecular weight is 385 g/mol. The van der Waals surface area contributed by atoms with Gasteiger partial charge in [-0.3, -0.25) is 15.0 Å². The standard InChI is InChI=1S/C18H22Cl2N2O3/c19-13-6-7-14(15(20)10-13)17(23)21-18(24)25-11-12-4-3-9-22-8-2-1-5-16(12)22/h6-7,10,12,16H,1-5,8-9,11H2,(H,21,23,24)/t12-,16-/m0/s1. The summed E-state index contributed by atoms with van der Waals surface area (Å²) in [6, 6.07) is 4.99. The first-order chi connectivity index (χ1) is 12.0. The number of piperidine rings is 2.